The number of hydrogen-bond donors (Lipinski definition) is 3. The van der Waals surface area contributed by atoms with Crippen molar-refractivity contribution >= 4 is 18.0 Å². The van der Waals surface area contributed by atoms with Crippen LogP contribution >= 0.6 is 0 Å². The summed E-state index contributed by atoms with van der Waals surface area (Å²) in [7, 11) is 0. The molecular weight excluding hydrogens is 432 g/mol. The van der Waals surface area contributed by atoms with Crippen LogP contribution in [0, 0.1) is 11.3 Å². The molecule has 2 aliphatic rings. The van der Waals surface area contributed by atoms with Gasteiger partial charge in [0.25, 0.3) is 0 Å². The van der Waals surface area contributed by atoms with Crippen molar-refractivity contribution in [3.63, 3.8) is 0 Å². The highest BCUT2D eigenvalue weighted by Gasteiger charge is 2.35. The van der Waals surface area contributed by atoms with Gasteiger partial charge in [0.05, 0.1) is 5.41 Å². The number of benzene rings is 2. The van der Waals surface area contributed by atoms with Crippen molar-refractivity contribution in [2.75, 3.05) is 13.2 Å². The number of aliphatic carboxylic acids is 1. The van der Waals surface area contributed by atoms with Crippen LogP contribution in [0.25, 0.3) is 11.1 Å². The van der Waals surface area contributed by atoms with Crippen LogP contribution in [0.15, 0.2) is 48.5 Å². The van der Waals surface area contributed by atoms with Gasteiger partial charge in [-0.1, -0.05) is 55.0 Å². The molecule has 180 valence electrons. The standard InChI is InChI=1S/C27H32N2O5/c1-27(2,25(31)32)14-15-28-24(30)23(17-8-7-9-17)29-26(33)34-16-22-20-12-5-3-10-18(20)19-11-4-6-13-21(19)22/h3-6,10-13,17,22-23H,7-9,14-16H2,1-2H3,(H,28,30)(H,29,33)(H,31,32). The second-order valence-corrected chi connectivity index (χ2v) is 9.87. The zero-order valence-electron chi connectivity index (χ0n) is 19.7. The van der Waals surface area contributed by atoms with Gasteiger partial charge >= 0.3 is 12.1 Å². The van der Waals surface area contributed by atoms with Gasteiger partial charge in [-0.3, -0.25) is 9.59 Å². The summed E-state index contributed by atoms with van der Waals surface area (Å²) >= 11 is 0. The maximum atomic E-state index is 12.8. The molecule has 3 N–H and O–H groups in total. The molecule has 2 aliphatic carbocycles. The summed E-state index contributed by atoms with van der Waals surface area (Å²) in [6.07, 6.45) is 2.44. The lowest BCUT2D eigenvalue weighted by atomic mass is 9.79. The van der Waals surface area contributed by atoms with E-state index in [0.717, 1.165) is 41.5 Å². The van der Waals surface area contributed by atoms with Crippen LogP contribution in [0.4, 0.5) is 4.79 Å². The Morgan fingerprint density at radius 2 is 1.62 bits per heavy atom. The Morgan fingerprint density at radius 1 is 1.03 bits per heavy atom. The largest absolute Gasteiger partial charge is 0.481 e. The predicted molar refractivity (Wildman–Crippen MR) is 128 cm³/mol. The first-order chi connectivity index (χ1) is 16.3. The number of carbonyl (C=O) groups excluding carboxylic acids is 2. The molecule has 7 nitrogen and oxygen atoms in total. The monoisotopic (exact) mass is 464 g/mol. The van der Waals surface area contributed by atoms with E-state index in [1.165, 1.54) is 0 Å². The summed E-state index contributed by atoms with van der Waals surface area (Å²) < 4.78 is 5.62. The molecule has 0 aromatic heterocycles. The number of ether oxygens (including phenoxy) is 1. The first-order valence-corrected chi connectivity index (χ1v) is 11.9. The lowest BCUT2D eigenvalue weighted by molar-refractivity contribution is -0.147. The summed E-state index contributed by atoms with van der Waals surface area (Å²) in [4.78, 5) is 36.8. The van der Waals surface area contributed by atoms with Crippen molar-refractivity contribution < 1.29 is 24.2 Å². The predicted octanol–water partition coefficient (Wildman–Crippen LogP) is 4.31. The average molecular weight is 465 g/mol. The topological polar surface area (TPSA) is 105 Å². The zero-order valence-corrected chi connectivity index (χ0v) is 19.7. The number of fused-ring (bicyclic) bond motifs is 3. The van der Waals surface area contributed by atoms with E-state index in [1.807, 2.05) is 24.3 Å². The van der Waals surface area contributed by atoms with Gasteiger partial charge < -0.3 is 20.5 Å². The fourth-order valence-electron chi connectivity index (χ4n) is 4.65. The molecule has 2 aromatic carbocycles. The molecule has 0 heterocycles. The molecule has 0 radical (unpaired) electrons. The zero-order chi connectivity index (χ0) is 24.3. The molecule has 1 unspecified atom stereocenters. The third kappa shape index (κ3) is 4.93. The van der Waals surface area contributed by atoms with Crippen LogP contribution < -0.4 is 10.6 Å². The van der Waals surface area contributed by atoms with Crippen molar-refractivity contribution in [2.45, 2.75) is 51.5 Å². The number of amides is 2. The van der Waals surface area contributed by atoms with E-state index in [4.69, 9.17) is 4.74 Å². The van der Waals surface area contributed by atoms with Crippen LogP contribution in [-0.4, -0.2) is 42.3 Å². The minimum atomic E-state index is -0.931. The highest BCUT2D eigenvalue weighted by atomic mass is 16.5. The first kappa shape index (κ1) is 23.8. The molecule has 2 aromatic rings. The number of carboxylic acids is 1. The molecule has 0 bridgehead atoms. The first-order valence-electron chi connectivity index (χ1n) is 11.9. The molecule has 34 heavy (non-hydrogen) atoms. The highest BCUT2D eigenvalue weighted by Crippen LogP contribution is 2.44. The summed E-state index contributed by atoms with van der Waals surface area (Å²) in [6, 6.07) is 15.6. The number of alkyl carbamates (subject to hydrolysis) is 1. The molecular formula is C27H32N2O5. The summed E-state index contributed by atoms with van der Waals surface area (Å²) in [5.41, 5.74) is 3.64. The van der Waals surface area contributed by atoms with Crippen LogP contribution in [0.2, 0.25) is 0 Å². The summed E-state index contributed by atoms with van der Waals surface area (Å²) in [5, 5.41) is 14.8. The minimum absolute atomic E-state index is 0.0487. The highest BCUT2D eigenvalue weighted by molar-refractivity contribution is 5.86. The Bertz CT molecular complexity index is 1030. The molecule has 0 aliphatic heterocycles. The Labute approximate surface area is 199 Å². The number of carbonyl (C=O) groups is 3. The molecule has 1 atom stereocenters. The van der Waals surface area contributed by atoms with Gasteiger partial charge in [0.2, 0.25) is 5.91 Å². The Morgan fingerprint density at radius 3 is 2.15 bits per heavy atom. The van der Waals surface area contributed by atoms with Crippen molar-refractivity contribution in [1.29, 1.82) is 0 Å². The van der Waals surface area contributed by atoms with Gasteiger partial charge in [0, 0.05) is 12.5 Å². The molecule has 1 fully saturated rings. The molecule has 0 spiro atoms. The molecule has 1 saturated carbocycles. The Kier molecular flexibility index (Phi) is 6.91. The van der Waals surface area contributed by atoms with Crippen LogP contribution in [-0.2, 0) is 14.3 Å². The fourth-order valence-corrected chi connectivity index (χ4v) is 4.65. The summed E-state index contributed by atoms with van der Waals surface area (Å²) in [6.45, 7) is 3.67. The third-order valence-corrected chi connectivity index (χ3v) is 7.15. The normalized spacial score (nSPS) is 16.1. The molecule has 0 saturated heterocycles. The SMILES string of the molecule is CC(C)(CCNC(=O)C(NC(=O)OCC1c2ccccc2-c2ccccc21)C1CCC1)C(=O)O. The van der Waals surface area contributed by atoms with E-state index in [1.54, 1.807) is 13.8 Å². The molecule has 2 amide bonds. The molecule has 7 heteroatoms. The second kappa shape index (κ2) is 9.87. The van der Waals surface area contributed by atoms with E-state index >= 15 is 0 Å². The van der Waals surface area contributed by atoms with Gasteiger partial charge in [-0.15, -0.1) is 0 Å². The maximum Gasteiger partial charge on any atom is 0.407 e. The number of nitrogens with one attached hydrogen (secondary N) is 2. The van der Waals surface area contributed by atoms with Gasteiger partial charge in [0.1, 0.15) is 12.6 Å². The fraction of sp³-hybridized carbons (Fsp3) is 0.444. The lowest BCUT2D eigenvalue weighted by Crippen LogP contribution is -2.53. The van der Waals surface area contributed by atoms with Crippen LogP contribution in [0.3, 0.4) is 0 Å². The summed E-state index contributed by atoms with van der Waals surface area (Å²) in [5.74, 6) is -1.19. The van der Waals surface area contributed by atoms with E-state index in [9.17, 15) is 19.5 Å². The third-order valence-electron chi connectivity index (χ3n) is 7.15. The smallest absolute Gasteiger partial charge is 0.407 e. The van der Waals surface area contributed by atoms with Crippen LogP contribution in [0.1, 0.15) is 56.6 Å². The quantitative estimate of drug-likeness (QED) is 0.513. The van der Waals surface area contributed by atoms with Gasteiger partial charge in [0.15, 0.2) is 0 Å². The lowest BCUT2D eigenvalue weighted by Gasteiger charge is -2.33. The Balaban J connectivity index is 1.36. The second-order valence-electron chi connectivity index (χ2n) is 9.87. The van der Waals surface area contributed by atoms with Gasteiger partial charge in [-0.2, -0.15) is 0 Å². The van der Waals surface area contributed by atoms with Crippen molar-refractivity contribution in [3.8, 4) is 11.1 Å². The number of carboxylic acid groups (broad SMARTS) is 1. The average Bonchev–Trinajstić information content (AvgIpc) is 3.09. The molecule has 4 rings (SSSR count). The maximum absolute atomic E-state index is 12.8. The van der Waals surface area contributed by atoms with Crippen LogP contribution in [0.5, 0.6) is 0 Å². The van der Waals surface area contributed by atoms with Crippen molar-refractivity contribution in [3.05, 3.63) is 59.7 Å². The van der Waals surface area contributed by atoms with E-state index in [0.29, 0.717) is 6.42 Å². The van der Waals surface area contributed by atoms with Crippen molar-refractivity contribution in [1.82, 2.24) is 10.6 Å². The van der Waals surface area contributed by atoms with E-state index in [2.05, 4.69) is 34.9 Å². The van der Waals surface area contributed by atoms with Crippen molar-refractivity contribution in [2.24, 2.45) is 11.3 Å². The Hall–Kier alpha value is -3.35. The minimum Gasteiger partial charge on any atom is -0.481 e. The van der Waals surface area contributed by atoms with Gasteiger partial charge in [-0.05, 0) is 61.3 Å². The van der Waals surface area contributed by atoms with E-state index < -0.39 is 23.5 Å². The van der Waals surface area contributed by atoms with E-state index in [-0.39, 0.29) is 30.9 Å². The number of hydrogen-bond acceptors (Lipinski definition) is 4. The van der Waals surface area contributed by atoms with Gasteiger partial charge in [-0.25, -0.2) is 4.79 Å². The number of rotatable bonds is 9.